The standard InChI is InChI=1S/C25H27BrN2O4S/c1-27-8-7-24-20-11-16(28(2)21(30)6-4-17-10-15(26)13-33-17)12-25(24,31)19(27)9-14-3-5-18(29)23(32-20)22(14)24/h3-6,10,13,16,19-20,29,31H,7-9,11-12H2,1-2H3/b6-4+/t16-,19+,20-,24+,25+/m0/s1. The van der Waals surface area contributed by atoms with Crippen molar-refractivity contribution in [2.45, 2.75) is 54.9 Å². The van der Waals surface area contributed by atoms with Crippen molar-refractivity contribution in [1.29, 1.82) is 0 Å². The van der Waals surface area contributed by atoms with Crippen molar-refractivity contribution >= 4 is 39.2 Å². The topological polar surface area (TPSA) is 73.2 Å². The lowest BCUT2D eigenvalue weighted by Crippen LogP contribution is -2.77. The zero-order chi connectivity index (χ0) is 23.1. The molecule has 8 heteroatoms. The molecule has 2 N–H and O–H groups in total. The number of piperidine rings is 1. The average Bonchev–Trinajstić information content (AvgIpc) is 3.35. The molecule has 1 amide bonds. The fraction of sp³-hybridized carbons (Fsp3) is 0.480. The molecule has 0 unspecified atom stereocenters. The highest BCUT2D eigenvalue weighted by molar-refractivity contribution is 9.10. The zero-order valence-electron chi connectivity index (χ0n) is 18.6. The van der Waals surface area contributed by atoms with Crippen molar-refractivity contribution in [2.24, 2.45) is 0 Å². The monoisotopic (exact) mass is 530 g/mol. The second kappa shape index (κ2) is 7.31. The SMILES string of the molecule is CN1CC[C@]23c4c5ccc(O)c4O[C@H]2C[C@H](N(C)C(=O)/C=C/c2cc(Br)cs2)C[C@@]3(O)[C@H]1C5. The molecule has 3 heterocycles. The van der Waals surface area contributed by atoms with Crippen LogP contribution in [0.15, 0.2) is 34.1 Å². The van der Waals surface area contributed by atoms with Crippen molar-refractivity contribution in [2.75, 3.05) is 20.6 Å². The van der Waals surface area contributed by atoms with Crippen molar-refractivity contribution in [3.63, 3.8) is 0 Å². The van der Waals surface area contributed by atoms with Gasteiger partial charge in [0, 0.05) is 51.9 Å². The lowest BCUT2D eigenvalue weighted by atomic mass is 9.48. The Balaban J connectivity index is 1.36. The number of phenols is 1. The van der Waals surface area contributed by atoms with Gasteiger partial charge in [0.25, 0.3) is 0 Å². The maximum absolute atomic E-state index is 13.1. The first-order valence-corrected chi connectivity index (χ1v) is 13.1. The van der Waals surface area contributed by atoms with Gasteiger partial charge in [-0.15, -0.1) is 11.3 Å². The number of amides is 1. The smallest absolute Gasteiger partial charge is 0.246 e. The van der Waals surface area contributed by atoms with Crippen LogP contribution in [0.4, 0.5) is 0 Å². The summed E-state index contributed by atoms with van der Waals surface area (Å²) in [6.45, 7) is 0.875. The van der Waals surface area contributed by atoms with Gasteiger partial charge < -0.3 is 24.7 Å². The lowest BCUT2D eigenvalue weighted by Gasteiger charge is -2.64. The van der Waals surface area contributed by atoms with Gasteiger partial charge in [0.1, 0.15) is 6.10 Å². The van der Waals surface area contributed by atoms with Crippen molar-refractivity contribution in [3.05, 3.63) is 50.1 Å². The van der Waals surface area contributed by atoms with Crippen LogP contribution in [0.25, 0.3) is 6.08 Å². The highest BCUT2D eigenvalue weighted by Crippen LogP contribution is 2.65. The maximum Gasteiger partial charge on any atom is 0.246 e. The summed E-state index contributed by atoms with van der Waals surface area (Å²) < 4.78 is 7.42. The third kappa shape index (κ3) is 2.87. The molecule has 2 aromatic rings. The van der Waals surface area contributed by atoms with Gasteiger partial charge in [-0.25, -0.2) is 0 Å². The van der Waals surface area contributed by atoms with Gasteiger partial charge in [0.05, 0.1) is 11.0 Å². The second-order valence-corrected chi connectivity index (χ2v) is 11.8. The highest BCUT2D eigenvalue weighted by Gasteiger charge is 2.72. The molecule has 1 aromatic heterocycles. The van der Waals surface area contributed by atoms with Gasteiger partial charge in [-0.3, -0.25) is 4.79 Å². The predicted octanol–water partition coefficient (Wildman–Crippen LogP) is 3.54. The first kappa shape index (κ1) is 21.6. The number of thiophene rings is 1. The van der Waals surface area contributed by atoms with E-state index in [1.165, 1.54) is 5.56 Å². The summed E-state index contributed by atoms with van der Waals surface area (Å²) in [6.07, 6.45) is 5.79. The number of benzene rings is 1. The molecule has 6 rings (SSSR count). The molecule has 2 fully saturated rings. The molecule has 1 saturated carbocycles. The minimum Gasteiger partial charge on any atom is -0.504 e. The van der Waals surface area contributed by atoms with Crippen molar-refractivity contribution < 1.29 is 19.7 Å². The van der Waals surface area contributed by atoms with E-state index in [1.807, 2.05) is 30.6 Å². The summed E-state index contributed by atoms with van der Waals surface area (Å²) >= 11 is 5.02. The van der Waals surface area contributed by atoms with Crippen LogP contribution in [0.2, 0.25) is 0 Å². The molecular formula is C25H27BrN2O4S. The van der Waals surface area contributed by atoms with Gasteiger partial charge in [-0.1, -0.05) is 6.07 Å². The number of likely N-dealkylation sites (tertiary alicyclic amines) is 1. The van der Waals surface area contributed by atoms with Crippen LogP contribution < -0.4 is 4.74 Å². The molecule has 1 aromatic carbocycles. The Hall–Kier alpha value is -1.87. The van der Waals surface area contributed by atoms with Gasteiger partial charge in [0.2, 0.25) is 5.91 Å². The Labute approximate surface area is 205 Å². The van der Waals surface area contributed by atoms with E-state index in [1.54, 1.807) is 28.4 Å². The van der Waals surface area contributed by atoms with E-state index in [9.17, 15) is 15.0 Å². The van der Waals surface area contributed by atoms with Crippen LogP contribution in [-0.4, -0.2) is 70.3 Å². The number of aliphatic hydroxyl groups is 1. The van der Waals surface area contributed by atoms with Crippen LogP contribution in [0.3, 0.4) is 0 Å². The number of likely N-dealkylation sites (N-methyl/N-ethyl adjacent to an activating group) is 2. The number of carbonyl (C=O) groups is 1. The number of nitrogens with zero attached hydrogens (tertiary/aromatic N) is 2. The lowest BCUT2D eigenvalue weighted by molar-refractivity contribution is -0.194. The predicted molar refractivity (Wildman–Crippen MR) is 131 cm³/mol. The highest BCUT2D eigenvalue weighted by atomic mass is 79.9. The number of ether oxygens (including phenoxy) is 1. The molecule has 2 aliphatic heterocycles. The van der Waals surface area contributed by atoms with E-state index < -0.39 is 11.0 Å². The molecule has 1 saturated heterocycles. The summed E-state index contributed by atoms with van der Waals surface area (Å²) in [6, 6.07) is 5.47. The second-order valence-electron chi connectivity index (χ2n) is 9.94. The molecule has 1 spiro atoms. The summed E-state index contributed by atoms with van der Waals surface area (Å²) in [7, 11) is 3.89. The van der Waals surface area contributed by atoms with E-state index in [0.717, 1.165) is 27.9 Å². The summed E-state index contributed by atoms with van der Waals surface area (Å²) in [5, 5.41) is 25.0. The van der Waals surface area contributed by atoms with Crippen LogP contribution >= 0.6 is 27.3 Å². The van der Waals surface area contributed by atoms with Gasteiger partial charge in [0.15, 0.2) is 11.5 Å². The molecule has 174 valence electrons. The molecule has 4 aliphatic rings. The number of halogens is 1. The number of carbonyl (C=O) groups excluding carboxylic acids is 1. The summed E-state index contributed by atoms with van der Waals surface area (Å²) in [5.74, 6) is 0.595. The summed E-state index contributed by atoms with van der Waals surface area (Å²) in [5.41, 5.74) is 0.608. The number of hydrogen-bond donors (Lipinski definition) is 2. The summed E-state index contributed by atoms with van der Waals surface area (Å²) in [4.78, 5) is 18.1. The van der Waals surface area contributed by atoms with Crippen LogP contribution in [-0.2, 0) is 16.6 Å². The Morgan fingerprint density at radius 2 is 2.24 bits per heavy atom. The van der Waals surface area contributed by atoms with Gasteiger partial charge in [-0.2, -0.15) is 0 Å². The van der Waals surface area contributed by atoms with E-state index in [2.05, 4.69) is 27.9 Å². The molecule has 5 atom stereocenters. The van der Waals surface area contributed by atoms with Gasteiger partial charge >= 0.3 is 0 Å². The molecule has 33 heavy (non-hydrogen) atoms. The normalized spacial score (nSPS) is 34.2. The molecule has 2 aliphatic carbocycles. The van der Waals surface area contributed by atoms with E-state index in [-0.39, 0.29) is 29.8 Å². The van der Waals surface area contributed by atoms with Crippen molar-refractivity contribution in [1.82, 2.24) is 9.80 Å². The largest absolute Gasteiger partial charge is 0.504 e. The molecule has 2 bridgehead atoms. The molecule has 0 radical (unpaired) electrons. The Kier molecular flexibility index (Phi) is 4.80. The Morgan fingerprint density at radius 1 is 1.42 bits per heavy atom. The van der Waals surface area contributed by atoms with Crippen molar-refractivity contribution in [3.8, 4) is 11.5 Å². The number of aromatic hydroxyl groups is 1. The third-order valence-corrected chi connectivity index (χ3v) is 10.2. The van der Waals surface area contributed by atoms with E-state index >= 15 is 0 Å². The van der Waals surface area contributed by atoms with Crippen LogP contribution in [0.1, 0.15) is 35.3 Å². The Morgan fingerprint density at radius 3 is 3.00 bits per heavy atom. The molecular weight excluding hydrogens is 504 g/mol. The number of hydrogen-bond acceptors (Lipinski definition) is 6. The van der Waals surface area contributed by atoms with E-state index in [4.69, 9.17) is 4.74 Å². The van der Waals surface area contributed by atoms with Crippen LogP contribution in [0, 0.1) is 0 Å². The van der Waals surface area contributed by atoms with Gasteiger partial charge in [-0.05, 0) is 72.6 Å². The van der Waals surface area contributed by atoms with Crippen LogP contribution in [0.5, 0.6) is 11.5 Å². The molecule has 6 nitrogen and oxygen atoms in total. The number of phenolic OH excluding ortho intramolecular Hbond substituents is 1. The average molecular weight is 531 g/mol. The first-order valence-electron chi connectivity index (χ1n) is 11.4. The zero-order valence-corrected chi connectivity index (χ0v) is 21.0. The fourth-order valence-corrected chi connectivity index (χ4v) is 8.25. The Bertz CT molecular complexity index is 1180. The first-order chi connectivity index (χ1) is 15.7. The van der Waals surface area contributed by atoms with E-state index in [0.29, 0.717) is 25.0 Å². The maximum atomic E-state index is 13.1. The quantitative estimate of drug-likeness (QED) is 0.593. The fourth-order valence-electron chi connectivity index (χ4n) is 6.91. The third-order valence-electron chi connectivity index (χ3n) is 8.51. The minimum absolute atomic E-state index is 0.0503. The minimum atomic E-state index is -1.03. The number of rotatable bonds is 3.